The lowest BCUT2D eigenvalue weighted by molar-refractivity contribution is -0.141. The van der Waals surface area contributed by atoms with E-state index < -0.39 is 5.97 Å². The Morgan fingerprint density at radius 1 is 1.21 bits per heavy atom. The first-order valence-corrected chi connectivity index (χ1v) is 9.54. The zero-order valence-electron chi connectivity index (χ0n) is 15.3. The van der Waals surface area contributed by atoms with Gasteiger partial charge in [0.1, 0.15) is 6.54 Å². The summed E-state index contributed by atoms with van der Waals surface area (Å²) in [6.07, 6.45) is 1.69. The fourth-order valence-corrected chi connectivity index (χ4v) is 3.80. The molecule has 0 bridgehead atoms. The maximum Gasteiger partial charge on any atom is 0.325 e. The van der Waals surface area contributed by atoms with Crippen molar-refractivity contribution in [3.63, 3.8) is 0 Å². The van der Waals surface area contributed by atoms with Gasteiger partial charge >= 0.3 is 5.97 Å². The van der Waals surface area contributed by atoms with Gasteiger partial charge in [0.2, 0.25) is 5.78 Å². The Morgan fingerprint density at radius 3 is 2.82 bits per heavy atom. The Morgan fingerprint density at radius 2 is 2.04 bits per heavy atom. The Labute approximate surface area is 164 Å². The van der Waals surface area contributed by atoms with Crippen LogP contribution in [0.2, 0.25) is 0 Å². The lowest BCUT2D eigenvalue weighted by atomic mass is 10.3. The average Bonchev–Trinajstić information content (AvgIpc) is 3.09. The maximum absolute atomic E-state index is 12.8. The molecule has 0 saturated heterocycles. The van der Waals surface area contributed by atoms with Crippen LogP contribution >= 0.6 is 11.8 Å². The van der Waals surface area contributed by atoms with Crippen molar-refractivity contribution >= 4 is 34.5 Å². The Balaban J connectivity index is 1.84. The maximum atomic E-state index is 12.8. The number of carbonyl (C=O) groups is 1. The number of hydrogen-bond donors (Lipinski definition) is 0. The van der Waals surface area contributed by atoms with Crippen LogP contribution in [0.25, 0.3) is 16.8 Å². The molecular weight excluding hydrogens is 378 g/mol. The van der Waals surface area contributed by atoms with E-state index in [9.17, 15) is 9.59 Å². The fraction of sp³-hybridized carbons (Fsp3) is 0.211. The van der Waals surface area contributed by atoms with E-state index in [4.69, 9.17) is 4.74 Å². The number of rotatable bonds is 5. The van der Waals surface area contributed by atoms with Crippen molar-refractivity contribution in [1.82, 2.24) is 23.9 Å². The summed E-state index contributed by atoms with van der Waals surface area (Å²) in [7, 11) is 1.33. The van der Waals surface area contributed by atoms with Gasteiger partial charge in [0.05, 0.1) is 18.1 Å². The van der Waals surface area contributed by atoms with Crippen LogP contribution in [0.3, 0.4) is 0 Å². The van der Waals surface area contributed by atoms with Gasteiger partial charge in [-0.2, -0.15) is 0 Å². The molecule has 4 aromatic rings. The van der Waals surface area contributed by atoms with Gasteiger partial charge in [-0.25, -0.2) is 19.4 Å². The zero-order valence-corrected chi connectivity index (χ0v) is 16.1. The largest absolute Gasteiger partial charge is 0.468 e. The molecule has 0 fully saturated rings. The number of ether oxygens (including phenoxy) is 1. The summed E-state index contributed by atoms with van der Waals surface area (Å²) in [5.74, 6) is 0.394. The van der Waals surface area contributed by atoms with E-state index in [-0.39, 0.29) is 12.1 Å². The molecule has 4 rings (SSSR count). The number of aromatic nitrogens is 5. The SMILES string of the molecule is COC(=O)Cn1c(CSc2nccc(C)n2)cc(=O)n2c3ccccc3nc12. The van der Waals surface area contributed by atoms with Crippen LogP contribution in [0.5, 0.6) is 0 Å². The minimum atomic E-state index is -0.421. The number of esters is 1. The number of carbonyl (C=O) groups excluding carboxylic acids is 1. The summed E-state index contributed by atoms with van der Waals surface area (Å²) in [4.78, 5) is 38.0. The van der Waals surface area contributed by atoms with Crippen molar-refractivity contribution in [1.29, 1.82) is 0 Å². The molecule has 0 N–H and O–H groups in total. The van der Waals surface area contributed by atoms with E-state index >= 15 is 0 Å². The van der Waals surface area contributed by atoms with Crippen LogP contribution in [0.1, 0.15) is 11.4 Å². The van der Waals surface area contributed by atoms with E-state index in [2.05, 4.69) is 15.0 Å². The molecule has 0 aliphatic rings. The summed E-state index contributed by atoms with van der Waals surface area (Å²) in [5.41, 5.74) is 2.69. The van der Waals surface area contributed by atoms with Crippen molar-refractivity contribution < 1.29 is 9.53 Å². The second-order valence-electron chi connectivity index (χ2n) is 6.14. The highest BCUT2D eigenvalue weighted by atomic mass is 32.2. The van der Waals surface area contributed by atoms with E-state index in [0.717, 1.165) is 5.69 Å². The van der Waals surface area contributed by atoms with Crippen molar-refractivity contribution in [2.24, 2.45) is 0 Å². The number of nitrogens with zero attached hydrogens (tertiary/aromatic N) is 5. The summed E-state index contributed by atoms with van der Waals surface area (Å²) in [6.45, 7) is 1.84. The molecule has 0 aliphatic heterocycles. The van der Waals surface area contributed by atoms with Gasteiger partial charge < -0.3 is 9.30 Å². The number of hydrogen-bond acceptors (Lipinski definition) is 7. The molecule has 0 saturated carbocycles. The monoisotopic (exact) mass is 395 g/mol. The number of para-hydroxylation sites is 2. The molecular formula is C19H17N5O3S. The average molecular weight is 395 g/mol. The third kappa shape index (κ3) is 3.36. The number of methoxy groups -OCH3 is 1. The molecule has 0 atom stereocenters. The summed E-state index contributed by atoms with van der Waals surface area (Å²) < 4.78 is 8.05. The van der Waals surface area contributed by atoms with Crippen molar-refractivity contribution in [2.45, 2.75) is 24.4 Å². The van der Waals surface area contributed by atoms with Crippen LogP contribution < -0.4 is 5.56 Å². The molecule has 0 unspecified atom stereocenters. The lowest BCUT2D eigenvalue weighted by Gasteiger charge is -2.13. The molecule has 0 aliphatic carbocycles. The number of fused-ring (bicyclic) bond motifs is 3. The topological polar surface area (TPSA) is 91.4 Å². The van der Waals surface area contributed by atoms with E-state index in [1.54, 1.807) is 10.8 Å². The predicted molar refractivity (Wildman–Crippen MR) is 105 cm³/mol. The molecule has 0 radical (unpaired) electrons. The highest BCUT2D eigenvalue weighted by molar-refractivity contribution is 7.98. The molecule has 9 heteroatoms. The molecule has 142 valence electrons. The molecule has 3 aromatic heterocycles. The first kappa shape index (κ1) is 18.2. The van der Waals surface area contributed by atoms with Crippen LogP contribution in [0.4, 0.5) is 0 Å². The molecule has 1 aromatic carbocycles. The van der Waals surface area contributed by atoms with Gasteiger partial charge in [-0.15, -0.1) is 0 Å². The highest BCUT2D eigenvalue weighted by Crippen LogP contribution is 2.21. The third-order valence-electron chi connectivity index (χ3n) is 4.28. The summed E-state index contributed by atoms with van der Waals surface area (Å²) in [6, 6.07) is 10.7. The first-order valence-electron chi connectivity index (χ1n) is 8.56. The predicted octanol–water partition coefficient (Wildman–Crippen LogP) is 2.21. The standard InChI is InChI=1S/C19H17N5O3S/c1-12-7-8-20-18(21-12)28-11-13-9-16(25)24-15-6-4-3-5-14(15)22-19(24)23(13)10-17(26)27-2/h3-9H,10-11H2,1-2H3. The van der Waals surface area contributed by atoms with E-state index in [1.165, 1.54) is 29.3 Å². The van der Waals surface area contributed by atoms with E-state index in [0.29, 0.717) is 33.4 Å². The highest BCUT2D eigenvalue weighted by Gasteiger charge is 2.17. The lowest BCUT2D eigenvalue weighted by Crippen LogP contribution is -2.23. The number of aryl methyl sites for hydroxylation is 1. The number of imidazole rings is 1. The Hall–Kier alpha value is -3.20. The molecule has 3 heterocycles. The first-order chi connectivity index (χ1) is 13.6. The molecule has 8 nitrogen and oxygen atoms in total. The molecule has 28 heavy (non-hydrogen) atoms. The van der Waals surface area contributed by atoms with Crippen LogP contribution in [-0.4, -0.2) is 37.0 Å². The van der Waals surface area contributed by atoms with Gasteiger partial charge in [0.15, 0.2) is 5.16 Å². The second kappa shape index (κ2) is 7.43. The molecule has 0 spiro atoms. The zero-order chi connectivity index (χ0) is 19.7. The number of thioether (sulfide) groups is 1. The minimum absolute atomic E-state index is 0.0475. The van der Waals surface area contributed by atoms with Gasteiger partial charge in [-0.05, 0) is 25.1 Å². The van der Waals surface area contributed by atoms with E-state index in [1.807, 2.05) is 37.3 Å². The fourth-order valence-electron chi connectivity index (χ4n) is 2.94. The van der Waals surface area contributed by atoms with Gasteiger partial charge in [-0.3, -0.25) is 9.59 Å². The van der Waals surface area contributed by atoms with Crippen LogP contribution in [0.15, 0.2) is 52.5 Å². The molecule has 0 amide bonds. The second-order valence-corrected chi connectivity index (χ2v) is 7.08. The normalized spacial score (nSPS) is 11.2. The van der Waals surface area contributed by atoms with Crippen LogP contribution in [-0.2, 0) is 21.8 Å². The summed E-state index contributed by atoms with van der Waals surface area (Å²) >= 11 is 1.39. The Bertz CT molecular complexity index is 1250. The minimum Gasteiger partial charge on any atom is -0.468 e. The quantitative estimate of drug-likeness (QED) is 0.291. The van der Waals surface area contributed by atoms with Gasteiger partial charge in [0, 0.05) is 29.4 Å². The number of benzene rings is 1. The Kier molecular flexibility index (Phi) is 4.82. The van der Waals surface area contributed by atoms with Crippen molar-refractivity contribution in [2.75, 3.05) is 7.11 Å². The summed E-state index contributed by atoms with van der Waals surface area (Å²) in [5, 5.41) is 0.602. The third-order valence-corrected chi connectivity index (χ3v) is 5.17. The van der Waals surface area contributed by atoms with Gasteiger partial charge in [0.25, 0.3) is 5.56 Å². The van der Waals surface area contributed by atoms with Crippen molar-refractivity contribution in [3.05, 3.63) is 64.3 Å². The smallest absolute Gasteiger partial charge is 0.325 e. The van der Waals surface area contributed by atoms with Crippen molar-refractivity contribution in [3.8, 4) is 0 Å². The van der Waals surface area contributed by atoms with Gasteiger partial charge in [-0.1, -0.05) is 23.9 Å². The van der Waals surface area contributed by atoms with Crippen LogP contribution in [0, 0.1) is 6.92 Å².